The van der Waals surface area contributed by atoms with E-state index in [4.69, 9.17) is 0 Å². The molecule has 0 amide bonds. The van der Waals surface area contributed by atoms with Gasteiger partial charge in [-0.2, -0.15) is 0 Å². The predicted molar refractivity (Wildman–Crippen MR) is 53.7 cm³/mol. The second kappa shape index (κ2) is 4.12. The molecule has 0 N–H and O–H groups in total. The molecule has 1 aromatic carbocycles. The van der Waals surface area contributed by atoms with Gasteiger partial charge >= 0.3 is 23.1 Å². The van der Waals surface area contributed by atoms with Gasteiger partial charge in [-0.1, -0.05) is 17.7 Å². The van der Waals surface area contributed by atoms with Crippen LogP contribution in [0.4, 0.5) is 0 Å². The molecule has 0 saturated carbocycles. The molecule has 0 aliphatic heterocycles. The molecule has 1 heteroatoms. The van der Waals surface area contributed by atoms with Crippen molar-refractivity contribution in [1.29, 1.82) is 0 Å². The van der Waals surface area contributed by atoms with Crippen LogP contribution in [0, 0.1) is 27.7 Å². The van der Waals surface area contributed by atoms with E-state index in [1.807, 2.05) is 0 Å². The third-order valence-corrected chi connectivity index (χ3v) is 1.92. The van der Waals surface area contributed by atoms with Gasteiger partial charge in [0.1, 0.15) is 0 Å². The van der Waals surface area contributed by atoms with Crippen LogP contribution in [0.2, 0.25) is 0 Å². The minimum absolute atomic E-state index is 0. The van der Waals surface area contributed by atoms with Gasteiger partial charge in [-0.05, 0) is 44.4 Å². The highest BCUT2D eigenvalue weighted by Crippen LogP contribution is 2.13. The zero-order chi connectivity index (χ0) is 7.72. The average Bonchev–Trinajstić information content (AvgIpc) is 1.82. The van der Waals surface area contributed by atoms with Crippen LogP contribution in [0.3, 0.4) is 0 Å². The Hall–Kier alpha value is -0.0138. The van der Waals surface area contributed by atoms with Crippen molar-refractivity contribution in [3.05, 3.63) is 41.3 Å². The third-order valence-electron chi connectivity index (χ3n) is 1.92. The Morgan fingerprint density at radius 2 is 1.64 bits per heavy atom. The molecule has 57 valence electrons. The molecule has 0 aliphatic rings. The summed E-state index contributed by atoms with van der Waals surface area (Å²) in [4.78, 5) is 0. The summed E-state index contributed by atoms with van der Waals surface area (Å²) in [6, 6.07) is 4.30. The Balaban J connectivity index is 0.000001000. The maximum absolute atomic E-state index is 3.94. The highest BCUT2D eigenvalue weighted by molar-refractivity contribution is 5.75. The molecule has 0 aromatic heterocycles. The van der Waals surface area contributed by atoms with E-state index in [1.54, 1.807) is 0 Å². The highest BCUT2D eigenvalue weighted by atomic mass is 24.3. The quantitative estimate of drug-likeness (QED) is 0.507. The monoisotopic (exact) mass is 159 g/mol. The molecule has 1 rings (SSSR count). The van der Waals surface area contributed by atoms with Crippen molar-refractivity contribution < 1.29 is 0 Å². The molecule has 1 aromatic rings. The van der Waals surface area contributed by atoms with Crippen molar-refractivity contribution in [2.75, 3.05) is 0 Å². The Kier molecular flexibility index (Phi) is 4.12. The van der Waals surface area contributed by atoms with Crippen molar-refractivity contribution in [3.8, 4) is 0 Å². The topological polar surface area (TPSA) is 0 Å². The summed E-state index contributed by atoms with van der Waals surface area (Å²) in [5.74, 6) is 0. The van der Waals surface area contributed by atoms with Crippen LogP contribution in [0.15, 0.2) is 12.1 Å². The van der Waals surface area contributed by atoms with Crippen LogP contribution in [-0.4, -0.2) is 23.1 Å². The Bertz CT molecular complexity index is 228. The number of hydrogen-bond donors (Lipinski definition) is 0. The second-order valence-corrected chi connectivity index (χ2v) is 2.87. The van der Waals surface area contributed by atoms with Crippen LogP contribution in [-0.2, 0) is 0 Å². The summed E-state index contributed by atoms with van der Waals surface area (Å²) in [5.41, 5.74) is 5.10. The van der Waals surface area contributed by atoms with E-state index in [1.165, 1.54) is 16.7 Å². The van der Waals surface area contributed by atoms with Gasteiger partial charge in [-0.15, -0.1) is 0 Å². The molecule has 11 heavy (non-hydrogen) atoms. The van der Waals surface area contributed by atoms with Crippen LogP contribution in [0.5, 0.6) is 0 Å². The maximum atomic E-state index is 3.94. The van der Waals surface area contributed by atoms with Gasteiger partial charge in [0.15, 0.2) is 0 Å². The van der Waals surface area contributed by atoms with E-state index in [-0.39, 0.29) is 23.1 Å². The number of benzene rings is 1. The van der Waals surface area contributed by atoms with Crippen LogP contribution in [0.25, 0.3) is 0 Å². The summed E-state index contributed by atoms with van der Waals surface area (Å²) in [6.45, 7) is 10.3. The smallest absolute Gasteiger partial charge is 0.0561 e. The lowest BCUT2D eigenvalue weighted by Crippen LogP contribution is -1.86. The molecule has 1 radical (unpaired) electrons. The van der Waals surface area contributed by atoms with Crippen LogP contribution in [0.1, 0.15) is 22.3 Å². The zero-order valence-electron chi connectivity index (χ0n) is 6.86. The minimum atomic E-state index is 0. The van der Waals surface area contributed by atoms with Gasteiger partial charge in [0.2, 0.25) is 0 Å². The van der Waals surface area contributed by atoms with Crippen LogP contribution < -0.4 is 0 Å². The summed E-state index contributed by atoms with van der Waals surface area (Å²) in [6.07, 6.45) is 0. The first-order valence-corrected chi connectivity index (χ1v) is 3.51. The number of rotatable bonds is 0. The predicted octanol–water partition coefficient (Wildman–Crippen LogP) is 1.88. The first kappa shape index (κ1) is 11.0. The van der Waals surface area contributed by atoms with E-state index in [9.17, 15) is 0 Å². The van der Waals surface area contributed by atoms with E-state index in [0.29, 0.717) is 0 Å². The molecule has 0 saturated heterocycles. The Morgan fingerprint density at radius 1 is 1.09 bits per heavy atom. The van der Waals surface area contributed by atoms with Gasteiger partial charge in [0, 0.05) is 0 Å². The summed E-state index contributed by atoms with van der Waals surface area (Å²) in [5, 5.41) is 0. The molecule has 0 heterocycles. The van der Waals surface area contributed by atoms with Crippen molar-refractivity contribution >= 4 is 23.1 Å². The van der Waals surface area contributed by atoms with Gasteiger partial charge in [-0.25, -0.2) is 0 Å². The fraction of sp³-hybridized carbons (Fsp3) is 0.300. The normalized spacial score (nSPS) is 9.09. The van der Waals surface area contributed by atoms with E-state index in [2.05, 4.69) is 39.8 Å². The maximum Gasteiger partial charge on any atom is 0.316 e. The van der Waals surface area contributed by atoms with Crippen molar-refractivity contribution in [2.24, 2.45) is 0 Å². The zero-order valence-corrected chi connectivity index (χ0v) is 6.86. The van der Waals surface area contributed by atoms with E-state index < -0.39 is 0 Å². The lowest BCUT2D eigenvalue weighted by Gasteiger charge is -2.04. The molecular formula is C10H15Mg. The highest BCUT2D eigenvalue weighted by Gasteiger charge is 1.96. The van der Waals surface area contributed by atoms with Gasteiger partial charge in [-0.3, -0.25) is 0 Å². The molecule has 0 bridgehead atoms. The fourth-order valence-electron chi connectivity index (χ4n) is 1.13. The Morgan fingerprint density at radius 3 is 2.09 bits per heavy atom. The van der Waals surface area contributed by atoms with Crippen molar-refractivity contribution in [3.63, 3.8) is 0 Å². The number of aryl methyl sites for hydroxylation is 2. The summed E-state index contributed by atoms with van der Waals surface area (Å²) in [7, 11) is 0. The number of hydrogen-bond acceptors (Lipinski definition) is 0. The second-order valence-electron chi connectivity index (χ2n) is 2.87. The third kappa shape index (κ3) is 2.49. The molecule has 0 nitrogen and oxygen atoms in total. The summed E-state index contributed by atoms with van der Waals surface area (Å²) < 4.78 is 0. The van der Waals surface area contributed by atoms with E-state index in [0.717, 1.165) is 5.56 Å². The Labute approximate surface area is 85.2 Å². The molecular weight excluding hydrogens is 144 g/mol. The first-order valence-electron chi connectivity index (χ1n) is 3.51. The van der Waals surface area contributed by atoms with E-state index >= 15 is 0 Å². The standard InChI is InChI=1S/C10H13.Mg.2H/c1-7-5-8(2)10(4)9(3)6-7;;;/h5-6H,2H2,1,3-4H3;;;. The van der Waals surface area contributed by atoms with Crippen molar-refractivity contribution in [2.45, 2.75) is 20.8 Å². The fourth-order valence-corrected chi connectivity index (χ4v) is 1.13. The molecule has 0 aliphatic carbocycles. The van der Waals surface area contributed by atoms with Crippen LogP contribution >= 0.6 is 0 Å². The largest absolute Gasteiger partial charge is 0.316 e. The lowest BCUT2D eigenvalue weighted by molar-refractivity contribution is 1.27. The van der Waals surface area contributed by atoms with Crippen molar-refractivity contribution in [1.82, 2.24) is 0 Å². The SMILES string of the molecule is [CH2]c1cc(C)cc(C)c1C.[MgH2]. The summed E-state index contributed by atoms with van der Waals surface area (Å²) >= 11 is 0. The molecule has 0 atom stereocenters. The molecule has 0 spiro atoms. The average molecular weight is 160 g/mol. The molecule has 0 fully saturated rings. The minimum Gasteiger partial charge on any atom is -0.0561 e. The first-order chi connectivity index (χ1) is 4.61. The molecule has 0 unspecified atom stereocenters. The lowest BCUT2D eigenvalue weighted by atomic mass is 10.0. The van der Waals surface area contributed by atoms with Gasteiger partial charge < -0.3 is 0 Å². The van der Waals surface area contributed by atoms with Gasteiger partial charge in [0.25, 0.3) is 0 Å². The van der Waals surface area contributed by atoms with Gasteiger partial charge in [0.05, 0.1) is 0 Å².